The van der Waals surface area contributed by atoms with Crippen molar-refractivity contribution in [2.24, 2.45) is 0 Å². The highest BCUT2D eigenvalue weighted by molar-refractivity contribution is 7.89. The number of terminal acetylenes is 1. The molecule has 0 aliphatic heterocycles. The van der Waals surface area contributed by atoms with Crippen molar-refractivity contribution in [3.05, 3.63) is 24.4 Å². The molecule has 0 saturated heterocycles. The lowest BCUT2D eigenvalue weighted by molar-refractivity contribution is 0.571. The van der Waals surface area contributed by atoms with Crippen LogP contribution >= 0.6 is 0 Å². The van der Waals surface area contributed by atoms with Crippen molar-refractivity contribution in [1.82, 2.24) is 9.71 Å². The van der Waals surface area contributed by atoms with E-state index in [-0.39, 0.29) is 4.90 Å². The maximum atomic E-state index is 12.3. The van der Waals surface area contributed by atoms with E-state index in [9.17, 15) is 8.42 Å². The summed E-state index contributed by atoms with van der Waals surface area (Å²) in [6, 6.07) is 4.51. The molecule has 0 fully saturated rings. The molecule has 6 heteroatoms. The summed E-state index contributed by atoms with van der Waals surface area (Å²) in [5.41, 5.74) is 6.90. The third-order valence-electron chi connectivity index (χ3n) is 2.86. The summed E-state index contributed by atoms with van der Waals surface area (Å²) in [4.78, 5) is 3.07. The number of fused-ring (bicyclic) bond motifs is 1. The summed E-state index contributed by atoms with van der Waals surface area (Å²) < 4.78 is 27.0. The van der Waals surface area contributed by atoms with E-state index in [1.807, 2.05) is 6.92 Å². The van der Waals surface area contributed by atoms with E-state index >= 15 is 0 Å². The Kier molecular flexibility index (Phi) is 3.51. The molecule has 19 heavy (non-hydrogen) atoms. The van der Waals surface area contributed by atoms with Gasteiger partial charge in [-0.15, -0.1) is 6.42 Å². The monoisotopic (exact) mass is 277 g/mol. The Labute approximate surface area is 112 Å². The van der Waals surface area contributed by atoms with Gasteiger partial charge in [-0.3, -0.25) is 0 Å². The molecule has 1 aromatic carbocycles. The van der Waals surface area contributed by atoms with Crippen LogP contribution in [0.1, 0.15) is 13.3 Å². The van der Waals surface area contributed by atoms with Gasteiger partial charge in [-0.2, -0.15) is 4.72 Å². The molecule has 100 valence electrons. The quantitative estimate of drug-likeness (QED) is 0.583. The highest BCUT2D eigenvalue weighted by Gasteiger charge is 2.21. The molecule has 0 amide bonds. The highest BCUT2D eigenvalue weighted by atomic mass is 32.2. The number of aromatic nitrogens is 1. The maximum absolute atomic E-state index is 12.3. The van der Waals surface area contributed by atoms with Crippen molar-refractivity contribution in [2.45, 2.75) is 24.3 Å². The van der Waals surface area contributed by atoms with Crippen molar-refractivity contribution in [3.63, 3.8) is 0 Å². The number of hydrogen-bond donors (Lipinski definition) is 3. The number of anilines is 1. The lowest BCUT2D eigenvalue weighted by atomic mass is 10.2. The number of aromatic amines is 1. The van der Waals surface area contributed by atoms with Gasteiger partial charge in [0.15, 0.2) is 0 Å². The second kappa shape index (κ2) is 4.96. The van der Waals surface area contributed by atoms with Crippen LogP contribution in [-0.2, 0) is 10.0 Å². The normalized spacial score (nSPS) is 13.3. The standard InChI is InChI=1S/C13H15N3O2S/c1-3-10(4-2)16-19(17,18)13-8-15-12-7-9(14)5-6-11(12)13/h1,5-8,10,15-16H,4,14H2,2H3. The largest absolute Gasteiger partial charge is 0.399 e. The zero-order valence-corrected chi connectivity index (χ0v) is 11.3. The van der Waals surface area contributed by atoms with Crippen LogP contribution in [0.5, 0.6) is 0 Å². The predicted molar refractivity (Wildman–Crippen MR) is 75.9 cm³/mol. The third-order valence-corrected chi connectivity index (χ3v) is 4.38. The molecule has 5 nitrogen and oxygen atoms in total. The van der Waals surface area contributed by atoms with Gasteiger partial charge in [0.05, 0.1) is 6.04 Å². The van der Waals surface area contributed by atoms with Gasteiger partial charge >= 0.3 is 0 Å². The molecule has 0 bridgehead atoms. The van der Waals surface area contributed by atoms with Crippen LogP contribution in [0.3, 0.4) is 0 Å². The first kappa shape index (κ1) is 13.5. The Morgan fingerprint density at radius 2 is 2.26 bits per heavy atom. The molecular formula is C13H15N3O2S. The van der Waals surface area contributed by atoms with E-state index in [4.69, 9.17) is 12.2 Å². The van der Waals surface area contributed by atoms with Crippen molar-refractivity contribution < 1.29 is 8.42 Å². The molecule has 1 unspecified atom stereocenters. The number of H-pyrrole nitrogens is 1. The van der Waals surface area contributed by atoms with E-state index in [1.54, 1.807) is 18.2 Å². The fourth-order valence-corrected chi connectivity index (χ4v) is 3.24. The lowest BCUT2D eigenvalue weighted by Crippen LogP contribution is -2.33. The number of nitrogens with one attached hydrogen (secondary N) is 2. The van der Waals surface area contributed by atoms with Crippen molar-refractivity contribution in [3.8, 4) is 12.3 Å². The summed E-state index contributed by atoms with van der Waals surface area (Å²) >= 11 is 0. The average Bonchev–Trinajstić information content (AvgIpc) is 2.79. The first-order chi connectivity index (χ1) is 8.97. The van der Waals surface area contributed by atoms with E-state index in [1.165, 1.54) is 6.20 Å². The zero-order chi connectivity index (χ0) is 14.0. The summed E-state index contributed by atoms with van der Waals surface area (Å²) in [5, 5.41) is 0.591. The number of nitrogens with two attached hydrogens (primary N) is 1. The second-order valence-corrected chi connectivity index (χ2v) is 5.89. The van der Waals surface area contributed by atoms with E-state index in [0.29, 0.717) is 23.0 Å². The topological polar surface area (TPSA) is 88.0 Å². The molecule has 1 heterocycles. The second-order valence-electron chi connectivity index (χ2n) is 4.21. The van der Waals surface area contributed by atoms with E-state index in [2.05, 4.69) is 15.6 Å². The van der Waals surface area contributed by atoms with E-state index in [0.717, 1.165) is 0 Å². The number of rotatable bonds is 4. The summed E-state index contributed by atoms with van der Waals surface area (Å²) in [6.07, 6.45) is 7.25. The Morgan fingerprint density at radius 3 is 2.89 bits per heavy atom. The fourth-order valence-electron chi connectivity index (χ4n) is 1.83. The zero-order valence-electron chi connectivity index (χ0n) is 10.5. The van der Waals surface area contributed by atoms with Crippen LogP contribution in [0.25, 0.3) is 10.9 Å². The van der Waals surface area contributed by atoms with Crippen LogP contribution in [0, 0.1) is 12.3 Å². The van der Waals surface area contributed by atoms with E-state index < -0.39 is 16.1 Å². The first-order valence-corrected chi connectivity index (χ1v) is 7.31. The average molecular weight is 277 g/mol. The highest BCUT2D eigenvalue weighted by Crippen LogP contribution is 2.24. The Morgan fingerprint density at radius 1 is 1.53 bits per heavy atom. The van der Waals surface area contributed by atoms with Crippen molar-refractivity contribution in [1.29, 1.82) is 0 Å². The molecule has 0 radical (unpaired) electrons. The minimum absolute atomic E-state index is 0.177. The summed E-state index contributed by atoms with van der Waals surface area (Å²) in [6.45, 7) is 1.82. The Hall–Kier alpha value is -1.97. The van der Waals surface area contributed by atoms with Gasteiger partial charge < -0.3 is 10.7 Å². The maximum Gasteiger partial charge on any atom is 0.243 e. The smallest absolute Gasteiger partial charge is 0.243 e. The minimum atomic E-state index is -3.64. The van der Waals surface area contributed by atoms with Crippen LogP contribution < -0.4 is 10.5 Å². The van der Waals surface area contributed by atoms with Crippen LogP contribution in [-0.4, -0.2) is 19.4 Å². The Balaban J connectivity index is 2.47. The third kappa shape index (κ3) is 2.57. The number of benzene rings is 1. The molecule has 2 aromatic rings. The van der Waals surface area contributed by atoms with Gasteiger partial charge in [0, 0.05) is 22.8 Å². The van der Waals surface area contributed by atoms with Crippen molar-refractivity contribution in [2.75, 3.05) is 5.73 Å². The minimum Gasteiger partial charge on any atom is -0.399 e. The van der Waals surface area contributed by atoms with Gasteiger partial charge in [-0.05, 0) is 24.6 Å². The molecule has 2 rings (SSSR count). The number of sulfonamides is 1. The van der Waals surface area contributed by atoms with Gasteiger partial charge in [-0.25, -0.2) is 8.42 Å². The molecule has 0 aliphatic carbocycles. The fraction of sp³-hybridized carbons (Fsp3) is 0.231. The molecule has 0 aliphatic rings. The molecule has 1 aromatic heterocycles. The van der Waals surface area contributed by atoms with Gasteiger partial charge in [0.1, 0.15) is 4.90 Å². The lowest BCUT2D eigenvalue weighted by Gasteiger charge is -2.10. The SMILES string of the molecule is C#CC(CC)NS(=O)(=O)c1c[nH]c2cc(N)ccc12. The Bertz CT molecular complexity index is 741. The van der Waals surface area contributed by atoms with Crippen LogP contribution in [0.4, 0.5) is 5.69 Å². The van der Waals surface area contributed by atoms with Gasteiger partial charge in [0.2, 0.25) is 10.0 Å². The first-order valence-electron chi connectivity index (χ1n) is 5.83. The number of nitrogen functional groups attached to an aromatic ring is 1. The van der Waals surface area contributed by atoms with Gasteiger partial charge in [0.25, 0.3) is 0 Å². The molecular weight excluding hydrogens is 262 g/mol. The molecule has 1 atom stereocenters. The molecule has 0 spiro atoms. The molecule has 0 saturated carbocycles. The summed E-state index contributed by atoms with van der Waals surface area (Å²) in [5.74, 6) is 2.41. The van der Waals surface area contributed by atoms with Crippen LogP contribution in [0.15, 0.2) is 29.3 Å². The van der Waals surface area contributed by atoms with Crippen molar-refractivity contribution >= 4 is 26.6 Å². The van der Waals surface area contributed by atoms with Gasteiger partial charge in [-0.1, -0.05) is 12.8 Å². The summed E-state index contributed by atoms with van der Waals surface area (Å²) in [7, 11) is -3.64. The number of hydrogen-bond acceptors (Lipinski definition) is 3. The molecule has 4 N–H and O–H groups in total. The predicted octanol–water partition coefficient (Wildman–Crippen LogP) is 1.44. The van der Waals surface area contributed by atoms with Crippen LogP contribution in [0.2, 0.25) is 0 Å².